The highest BCUT2D eigenvalue weighted by atomic mass is 32.2. The van der Waals surface area contributed by atoms with Gasteiger partial charge in [0.15, 0.2) is 0 Å². The lowest BCUT2D eigenvalue weighted by molar-refractivity contribution is 0.0493. The number of amides is 2. The molecule has 0 unspecified atom stereocenters. The Morgan fingerprint density at radius 2 is 1.79 bits per heavy atom. The van der Waals surface area contributed by atoms with Crippen LogP contribution in [0.1, 0.15) is 53.2 Å². The molecular weight excluding hydrogens is 567 g/mol. The monoisotopic (exact) mass is 604 g/mol. The number of benzene rings is 2. The predicted octanol–water partition coefficient (Wildman–Crippen LogP) is 5.78. The number of carbonyl (C=O) groups is 2. The molecule has 43 heavy (non-hydrogen) atoms. The second-order valence-electron chi connectivity index (χ2n) is 11.4. The molecule has 0 saturated carbocycles. The normalized spacial score (nSPS) is 20.5. The Kier molecular flexibility index (Phi) is 9.25. The summed E-state index contributed by atoms with van der Waals surface area (Å²) in [5, 5.41) is 0.887. The molecule has 6 rings (SSSR count). The summed E-state index contributed by atoms with van der Waals surface area (Å²) in [6.07, 6.45) is 5.37. The first-order valence-electron chi connectivity index (χ1n) is 14.9. The molecule has 2 aromatic carbocycles. The molecule has 4 heterocycles. The molecule has 1 aromatic heterocycles. The topological polar surface area (TPSA) is 75.2 Å². The number of nitrogens with zero attached hydrogens (tertiary/aromatic N) is 4. The molecule has 0 radical (unpaired) electrons. The van der Waals surface area contributed by atoms with Gasteiger partial charge in [0.25, 0.3) is 0 Å². The van der Waals surface area contributed by atoms with Gasteiger partial charge >= 0.3 is 12.0 Å². The van der Waals surface area contributed by atoms with Crippen molar-refractivity contribution in [3.63, 3.8) is 0 Å². The maximum absolute atomic E-state index is 14.2. The minimum absolute atomic E-state index is 0.0804. The van der Waals surface area contributed by atoms with E-state index >= 15 is 0 Å². The fourth-order valence-corrected chi connectivity index (χ4v) is 7.16. The number of methoxy groups -OCH3 is 1. The van der Waals surface area contributed by atoms with Crippen molar-refractivity contribution >= 4 is 23.8 Å². The lowest BCUT2D eigenvalue weighted by atomic mass is 9.98. The van der Waals surface area contributed by atoms with Gasteiger partial charge in [-0.15, -0.1) is 0 Å². The molecule has 1 atom stereocenters. The van der Waals surface area contributed by atoms with Gasteiger partial charge in [-0.3, -0.25) is 4.90 Å². The van der Waals surface area contributed by atoms with Crippen LogP contribution in [0.5, 0.6) is 0 Å². The van der Waals surface area contributed by atoms with Crippen LogP contribution in [0.15, 0.2) is 76.8 Å². The van der Waals surface area contributed by atoms with Crippen LogP contribution in [0.2, 0.25) is 0 Å². The molecule has 10 heteroatoms. The molecular formula is C33H37FN4O4S. The molecule has 3 aromatic rings. The van der Waals surface area contributed by atoms with E-state index in [0.29, 0.717) is 25.3 Å². The zero-order valence-electron chi connectivity index (χ0n) is 24.4. The first-order valence-corrected chi connectivity index (χ1v) is 15.8. The second-order valence-corrected chi connectivity index (χ2v) is 12.5. The molecule has 2 amide bonds. The van der Waals surface area contributed by atoms with Gasteiger partial charge in [0, 0.05) is 62.6 Å². The van der Waals surface area contributed by atoms with Crippen molar-refractivity contribution in [2.24, 2.45) is 0 Å². The zero-order chi connectivity index (χ0) is 29.8. The van der Waals surface area contributed by atoms with Crippen molar-refractivity contribution in [3.05, 3.63) is 89.4 Å². The molecule has 3 aliphatic rings. The molecule has 226 valence electrons. The maximum Gasteiger partial charge on any atom is 0.337 e. The number of pyridine rings is 1. The van der Waals surface area contributed by atoms with Crippen molar-refractivity contribution in [2.75, 3.05) is 40.0 Å². The van der Waals surface area contributed by atoms with E-state index < -0.39 is 0 Å². The van der Waals surface area contributed by atoms with Crippen LogP contribution in [-0.2, 0) is 16.0 Å². The highest BCUT2D eigenvalue weighted by molar-refractivity contribution is 7.99. The van der Waals surface area contributed by atoms with Gasteiger partial charge in [0.05, 0.1) is 18.7 Å². The lowest BCUT2D eigenvalue weighted by Crippen LogP contribution is -2.48. The lowest BCUT2D eigenvalue weighted by Gasteiger charge is -2.39. The Morgan fingerprint density at radius 1 is 1.02 bits per heavy atom. The number of carbonyl (C=O) groups excluding carboxylic acids is 2. The molecule has 3 saturated heterocycles. The van der Waals surface area contributed by atoms with Crippen LogP contribution in [0, 0.1) is 5.82 Å². The van der Waals surface area contributed by atoms with E-state index in [1.54, 1.807) is 36.0 Å². The average Bonchev–Trinajstić information content (AvgIpc) is 3.39. The van der Waals surface area contributed by atoms with Gasteiger partial charge in [-0.1, -0.05) is 30.0 Å². The van der Waals surface area contributed by atoms with Crippen LogP contribution in [0.3, 0.4) is 0 Å². The van der Waals surface area contributed by atoms with E-state index in [9.17, 15) is 14.0 Å². The summed E-state index contributed by atoms with van der Waals surface area (Å²) < 4.78 is 24.5. The second kappa shape index (κ2) is 13.4. The first-order chi connectivity index (χ1) is 21.0. The van der Waals surface area contributed by atoms with Gasteiger partial charge < -0.3 is 19.3 Å². The Bertz CT molecular complexity index is 1410. The number of urea groups is 1. The van der Waals surface area contributed by atoms with Crippen molar-refractivity contribution in [1.29, 1.82) is 0 Å². The van der Waals surface area contributed by atoms with Gasteiger partial charge in [-0.2, -0.15) is 0 Å². The van der Waals surface area contributed by atoms with Crippen LogP contribution in [0.4, 0.5) is 9.18 Å². The summed E-state index contributed by atoms with van der Waals surface area (Å²) in [7, 11) is 1.37. The first kappa shape index (κ1) is 29.6. The molecule has 8 nitrogen and oxygen atoms in total. The summed E-state index contributed by atoms with van der Waals surface area (Å²) >= 11 is 1.55. The number of likely N-dealkylation sites (tertiary alicyclic amines) is 1. The van der Waals surface area contributed by atoms with Gasteiger partial charge in [-0.25, -0.2) is 19.0 Å². The average molecular weight is 605 g/mol. The van der Waals surface area contributed by atoms with Crippen molar-refractivity contribution < 1.29 is 23.5 Å². The van der Waals surface area contributed by atoms with Crippen molar-refractivity contribution in [1.82, 2.24) is 19.7 Å². The number of esters is 1. The summed E-state index contributed by atoms with van der Waals surface area (Å²) in [5.41, 5.74) is 2.53. The van der Waals surface area contributed by atoms with Crippen molar-refractivity contribution in [3.8, 4) is 0 Å². The number of halogens is 1. The fourth-order valence-electron chi connectivity index (χ4n) is 6.40. The Morgan fingerprint density at radius 3 is 2.47 bits per heavy atom. The maximum atomic E-state index is 14.2. The largest absolute Gasteiger partial charge is 0.465 e. The third-order valence-electron chi connectivity index (χ3n) is 8.69. The summed E-state index contributed by atoms with van der Waals surface area (Å²) in [5.74, 6) is -0.614. The van der Waals surface area contributed by atoms with E-state index in [2.05, 4.69) is 16.0 Å². The van der Waals surface area contributed by atoms with Gasteiger partial charge in [0.1, 0.15) is 10.8 Å². The van der Waals surface area contributed by atoms with Crippen LogP contribution in [-0.4, -0.2) is 83.7 Å². The minimum Gasteiger partial charge on any atom is -0.465 e. The third-order valence-corrected chi connectivity index (χ3v) is 9.65. The highest BCUT2D eigenvalue weighted by Crippen LogP contribution is 2.37. The van der Waals surface area contributed by atoms with E-state index in [-0.39, 0.29) is 35.9 Å². The predicted molar refractivity (Wildman–Crippen MR) is 161 cm³/mol. The van der Waals surface area contributed by atoms with Crippen LogP contribution >= 0.6 is 11.8 Å². The number of hydrogen-bond acceptors (Lipinski definition) is 7. The van der Waals surface area contributed by atoms with Crippen LogP contribution in [0.25, 0.3) is 0 Å². The van der Waals surface area contributed by atoms with Crippen molar-refractivity contribution in [2.45, 2.75) is 60.3 Å². The van der Waals surface area contributed by atoms with E-state index in [0.717, 1.165) is 66.4 Å². The summed E-state index contributed by atoms with van der Waals surface area (Å²) in [4.78, 5) is 37.6. The Labute approximate surface area is 256 Å². The number of ether oxygens (including phenoxy) is 2. The molecule has 0 bridgehead atoms. The number of hydrogen-bond donors (Lipinski definition) is 0. The summed E-state index contributed by atoms with van der Waals surface area (Å²) in [6.45, 7) is 4.51. The number of piperidine rings is 1. The van der Waals surface area contributed by atoms with E-state index in [1.807, 2.05) is 40.3 Å². The molecule has 3 aliphatic heterocycles. The molecule has 0 spiro atoms. The highest BCUT2D eigenvalue weighted by Gasteiger charge is 2.45. The SMILES string of the molecule is COC(=O)c1ccc(Sc2ccc(CN3CCC(N4C(=O)N(C5CCOCC5)C[C@H]4c4cccc(F)c4)CC3)cn2)cc1. The molecule has 0 aliphatic carbocycles. The number of rotatable bonds is 8. The molecule has 3 fully saturated rings. The van der Waals surface area contributed by atoms with Crippen LogP contribution < -0.4 is 0 Å². The fraction of sp³-hybridized carbons (Fsp3) is 0.424. The zero-order valence-corrected chi connectivity index (χ0v) is 25.2. The quantitative estimate of drug-likeness (QED) is 0.302. The van der Waals surface area contributed by atoms with Gasteiger partial charge in [0.2, 0.25) is 0 Å². The smallest absolute Gasteiger partial charge is 0.337 e. The molecule has 0 N–H and O–H groups in total. The van der Waals surface area contributed by atoms with E-state index in [1.165, 1.54) is 13.2 Å². The van der Waals surface area contributed by atoms with Gasteiger partial charge in [-0.05, 0) is 79.3 Å². The number of aromatic nitrogens is 1. The standard InChI is InChI=1S/C33H37FN4O4S/c1-41-32(39)24-6-8-29(9-7-24)43-31-10-5-23(20-35-31)21-36-15-11-28(12-16-36)38-30(25-3-2-4-26(34)19-25)22-37(33(38)40)27-13-17-42-18-14-27/h2-10,19-20,27-28,30H,11-18,21-22H2,1H3/t30-/m0/s1. The van der Waals surface area contributed by atoms with E-state index in [4.69, 9.17) is 9.47 Å². The Balaban J connectivity index is 1.06. The summed E-state index contributed by atoms with van der Waals surface area (Å²) in [6, 6.07) is 18.4. The Hall–Kier alpha value is -3.47. The third kappa shape index (κ3) is 6.87. The minimum atomic E-state index is -0.349.